The van der Waals surface area contributed by atoms with Crippen molar-refractivity contribution in [3.63, 3.8) is 0 Å². The van der Waals surface area contributed by atoms with Crippen LogP contribution in [0.3, 0.4) is 0 Å². The molecule has 4 rings (SSSR count). The third-order valence-corrected chi connectivity index (χ3v) is 5.84. The van der Waals surface area contributed by atoms with E-state index in [1.165, 1.54) is 0 Å². The Balaban J connectivity index is 1.48. The van der Waals surface area contributed by atoms with Crippen LogP contribution in [0.5, 0.6) is 0 Å². The van der Waals surface area contributed by atoms with Gasteiger partial charge in [-0.15, -0.1) is 0 Å². The molecule has 5 heteroatoms. The summed E-state index contributed by atoms with van der Waals surface area (Å²) in [6.07, 6.45) is 2.93. The highest BCUT2D eigenvalue weighted by atomic mass is 16.2. The van der Waals surface area contributed by atoms with Crippen LogP contribution in [-0.2, 0) is 6.42 Å². The van der Waals surface area contributed by atoms with Crippen molar-refractivity contribution in [3.05, 3.63) is 114 Å². The lowest BCUT2D eigenvalue weighted by atomic mass is 10.0. The van der Waals surface area contributed by atoms with E-state index >= 15 is 0 Å². The molecule has 0 radical (unpaired) electrons. The number of nitrogens with one attached hydrogen (secondary N) is 1. The second-order valence-electron chi connectivity index (χ2n) is 8.08. The van der Waals surface area contributed by atoms with E-state index in [2.05, 4.69) is 22.4 Å². The second kappa shape index (κ2) is 10.6. The lowest BCUT2D eigenvalue weighted by Crippen LogP contribution is -2.41. The Morgan fingerprint density at radius 2 is 1.61 bits per heavy atom. The quantitative estimate of drug-likeness (QED) is 0.433. The van der Waals surface area contributed by atoms with Crippen LogP contribution in [0, 0.1) is 0 Å². The molecule has 33 heavy (non-hydrogen) atoms. The van der Waals surface area contributed by atoms with Gasteiger partial charge in [0.25, 0.3) is 11.8 Å². The first-order valence-electron chi connectivity index (χ1n) is 11.1. The number of amides is 2. The lowest BCUT2D eigenvalue weighted by Gasteiger charge is -2.29. The molecule has 0 saturated heterocycles. The van der Waals surface area contributed by atoms with E-state index in [-0.39, 0.29) is 17.9 Å². The number of carbonyl (C=O) groups excluding carboxylic acids is 2. The van der Waals surface area contributed by atoms with E-state index in [1.807, 2.05) is 67.7 Å². The van der Waals surface area contributed by atoms with Gasteiger partial charge in [-0.1, -0.05) is 66.7 Å². The van der Waals surface area contributed by atoms with Gasteiger partial charge in [0, 0.05) is 31.4 Å². The summed E-state index contributed by atoms with van der Waals surface area (Å²) in [5.41, 5.74) is 2.20. The molecular weight excluding hydrogens is 410 g/mol. The monoisotopic (exact) mass is 437 g/mol. The molecule has 2 amide bonds. The summed E-state index contributed by atoms with van der Waals surface area (Å²) in [6, 6.07) is 29.1. The molecule has 1 heterocycles. The summed E-state index contributed by atoms with van der Waals surface area (Å²) in [7, 11) is 1.84. The molecule has 1 N–H and O–H groups in total. The smallest absolute Gasteiger partial charge is 0.269 e. The van der Waals surface area contributed by atoms with Gasteiger partial charge in [0.1, 0.15) is 5.69 Å². The van der Waals surface area contributed by atoms with Crippen LogP contribution in [0.1, 0.15) is 32.8 Å². The summed E-state index contributed by atoms with van der Waals surface area (Å²) in [6.45, 7) is 0.447. The summed E-state index contributed by atoms with van der Waals surface area (Å²) >= 11 is 0. The Kier molecular flexibility index (Phi) is 7.10. The molecule has 0 bridgehead atoms. The van der Waals surface area contributed by atoms with Gasteiger partial charge in [0.2, 0.25) is 0 Å². The first-order valence-corrected chi connectivity index (χ1v) is 11.1. The molecule has 0 aliphatic heterocycles. The molecule has 4 aromatic rings. The van der Waals surface area contributed by atoms with Crippen molar-refractivity contribution >= 4 is 22.6 Å². The fourth-order valence-corrected chi connectivity index (χ4v) is 3.95. The Bertz CT molecular complexity index is 1230. The maximum atomic E-state index is 13.4. The number of hydrogen-bond acceptors (Lipinski definition) is 3. The molecule has 3 aromatic carbocycles. The number of rotatable bonds is 8. The molecule has 0 aliphatic rings. The Morgan fingerprint density at radius 1 is 0.879 bits per heavy atom. The topological polar surface area (TPSA) is 62.3 Å². The van der Waals surface area contributed by atoms with Gasteiger partial charge >= 0.3 is 0 Å². The predicted octanol–water partition coefficient (Wildman–Crippen LogP) is 4.74. The van der Waals surface area contributed by atoms with Crippen LogP contribution in [0.25, 0.3) is 10.8 Å². The van der Waals surface area contributed by atoms with E-state index < -0.39 is 0 Å². The molecular formula is C28H27N3O2. The minimum absolute atomic E-state index is 0.0299. The molecule has 0 spiro atoms. The van der Waals surface area contributed by atoms with E-state index in [0.717, 1.165) is 16.3 Å². The van der Waals surface area contributed by atoms with Gasteiger partial charge < -0.3 is 10.2 Å². The normalized spacial score (nSPS) is 11.7. The van der Waals surface area contributed by atoms with Crippen LogP contribution in [0.2, 0.25) is 0 Å². The highest BCUT2D eigenvalue weighted by molar-refractivity contribution is 5.98. The van der Waals surface area contributed by atoms with Crippen molar-refractivity contribution in [1.29, 1.82) is 0 Å². The maximum absolute atomic E-state index is 13.4. The van der Waals surface area contributed by atoms with Crippen LogP contribution in [0.15, 0.2) is 97.2 Å². The molecule has 0 unspecified atom stereocenters. The van der Waals surface area contributed by atoms with Crippen LogP contribution >= 0.6 is 0 Å². The van der Waals surface area contributed by atoms with E-state index in [9.17, 15) is 9.59 Å². The van der Waals surface area contributed by atoms with Gasteiger partial charge in [0.05, 0.1) is 0 Å². The second-order valence-corrected chi connectivity index (χ2v) is 8.08. The van der Waals surface area contributed by atoms with Crippen molar-refractivity contribution in [2.45, 2.75) is 18.9 Å². The first-order chi connectivity index (χ1) is 16.1. The Labute approximate surface area is 194 Å². The molecule has 0 aliphatic carbocycles. The Morgan fingerprint density at radius 3 is 2.36 bits per heavy atom. The molecule has 1 atom stereocenters. The SMILES string of the molecule is CN(C(=O)c1ccc2ccccc2c1)[C@H](CCNC(=O)c1ccccn1)Cc1ccccc1. The summed E-state index contributed by atoms with van der Waals surface area (Å²) in [5.74, 6) is -0.240. The average Bonchev–Trinajstić information content (AvgIpc) is 2.88. The first kappa shape index (κ1) is 22.2. The summed E-state index contributed by atoms with van der Waals surface area (Å²) in [5, 5.41) is 5.08. The predicted molar refractivity (Wildman–Crippen MR) is 131 cm³/mol. The van der Waals surface area contributed by atoms with Crippen molar-refractivity contribution < 1.29 is 9.59 Å². The number of carbonyl (C=O) groups is 2. The zero-order valence-electron chi connectivity index (χ0n) is 18.6. The van der Waals surface area contributed by atoms with E-state index in [0.29, 0.717) is 30.6 Å². The highest BCUT2D eigenvalue weighted by Gasteiger charge is 2.22. The minimum atomic E-state index is -0.211. The lowest BCUT2D eigenvalue weighted by molar-refractivity contribution is 0.0723. The number of nitrogens with zero attached hydrogens (tertiary/aromatic N) is 2. The molecule has 1 aromatic heterocycles. The zero-order chi connectivity index (χ0) is 23.0. The maximum Gasteiger partial charge on any atom is 0.269 e. The molecule has 0 saturated carbocycles. The number of likely N-dealkylation sites (N-methyl/N-ethyl adjacent to an activating group) is 1. The van der Waals surface area contributed by atoms with Crippen molar-refractivity contribution in [1.82, 2.24) is 15.2 Å². The van der Waals surface area contributed by atoms with Crippen molar-refractivity contribution in [2.75, 3.05) is 13.6 Å². The number of hydrogen-bond donors (Lipinski definition) is 1. The molecule has 0 fully saturated rings. The van der Waals surface area contributed by atoms with Crippen molar-refractivity contribution in [3.8, 4) is 0 Å². The average molecular weight is 438 g/mol. The van der Waals surface area contributed by atoms with Gasteiger partial charge in [-0.3, -0.25) is 14.6 Å². The van der Waals surface area contributed by atoms with Gasteiger partial charge in [0.15, 0.2) is 0 Å². The fourth-order valence-electron chi connectivity index (χ4n) is 3.95. The zero-order valence-corrected chi connectivity index (χ0v) is 18.6. The van der Waals surface area contributed by atoms with E-state index in [4.69, 9.17) is 0 Å². The van der Waals surface area contributed by atoms with E-state index in [1.54, 1.807) is 29.3 Å². The Hall–Kier alpha value is -3.99. The largest absolute Gasteiger partial charge is 0.351 e. The summed E-state index contributed by atoms with van der Waals surface area (Å²) in [4.78, 5) is 31.6. The van der Waals surface area contributed by atoms with Crippen LogP contribution < -0.4 is 5.32 Å². The van der Waals surface area contributed by atoms with Gasteiger partial charge in [-0.2, -0.15) is 0 Å². The summed E-state index contributed by atoms with van der Waals surface area (Å²) < 4.78 is 0. The highest BCUT2D eigenvalue weighted by Crippen LogP contribution is 2.19. The number of aromatic nitrogens is 1. The number of benzene rings is 3. The minimum Gasteiger partial charge on any atom is -0.351 e. The van der Waals surface area contributed by atoms with Crippen molar-refractivity contribution in [2.24, 2.45) is 0 Å². The molecule has 5 nitrogen and oxygen atoms in total. The standard InChI is InChI=1S/C28H27N3O2/c1-31(28(33)24-15-14-22-11-5-6-12-23(22)20-24)25(19-21-9-3-2-4-10-21)16-18-30-27(32)26-13-7-8-17-29-26/h2-15,17,20,25H,16,18-19H2,1H3,(H,30,32)/t25-/m1/s1. The number of pyridine rings is 1. The van der Waals surface area contributed by atoms with Gasteiger partial charge in [-0.05, 0) is 53.4 Å². The molecule has 166 valence electrons. The number of fused-ring (bicyclic) bond motifs is 1. The van der Waals surface area contributed by atoms with Crippen LogP contribution in [-0.4, -0.2) is 41.3 Å². The van der Waals surface area contributed by atoms with Crippen LogP contribution in [0.4, 0.5) is 0 Å². The fraction of sp³-hybridized carbons (Fsp3) is 0.179. The third kappa shape index (κ3) is 5.63. The van der Waals surface area contributed by atoms with Gasteiger partial charge in [-0.25, -0.2) is 0 Å². The third-order valence-electron chi connectivity index (χ3n) is 5.84.